The first kappa shape index (κ1) is 23.3. The SMILES string of the molecule is CCOC(=O)c1c(NC(=O)CSc2nnc(-c3ccc(C)cc3)n2N)sc(C(N)=O)c1C. The van der Waals surface area contributed by atoms with Crippen molar-refractivity contribution in [3.63, 3.8) is 0 Å². The predicted molar refractivity (Wildman–Crippen MR) is 123 cm³/mol. The third kappa shape index (κ3) is 4.92. The Hall–Kier alpha value is -3.38. The average Bonchev–Trinajstić information content (AvgIpc) is 3.27. The highest BCUT2D eigenvalue weighted by molar-refractivity contribution is 7.99. The van der Waals surface area contributed by atoms with Crippen LogP contribution in [-0.4, -0.2) is 45.0 Å². The first-order valence-electron chi connectivity index (χ1n) is 9.53. The van der Waals surface area contributed by atoms with Crippen LogP contribution in [0.5, 0.6) is 0 Å². The number of benzene rings is 1. The number of nitrogens with zero attached hydrogens (tertiary/aromatic N) is 3. The molecular formula is C20H22N6O4S2. The number of nitrogens with one attached hydrogen (secondary N) is 1. The lowest BCUT2D eigenvalue weighted by molar-refractivity contribution is -0.113. The average molecular weight is 475 g/mol. The molecule has 0 radical (unpaired) electrons. The molecule has 0 aliphatic heterocycles. The lowest BCUT2D eigenvalue weighted by Gasteiger charge is -2.07. The molecule has 0 aliphatic carbocycles. The highest BCUT2D eigenvalue weighted by Crippen LogP contribution is 2.34. The van der Waals surface area contributed by atoms with Gasteiger partial charge < -0.3 is 21.6 Å². The van der Waals surface area contributed by atoms with Crippen LogP contribution in [-0.2, 0) is 9.53 Å². The maximum absolute atomic E-state index is 12.5. The highest BCUT2D eigenvalue weighted by atomic mass is 32.2. The number of ether oxygens (including phenoxy) is 1. The van der Waals surface area contributed by atoms with Crippen molar-refractivity contribution in [1.82, 2.24) is 14.9 Å². The Labute approximate surface area is 192 Å². The van der Waals surface area contributed by atoms with Gasteiger partial charge in [0.05, 0.1) is 22.8 Å². The van der Waals surface area contributed by atoms with Crippen molar-refractivity contribution in [3.05, 3.63) is 45.8 Å². The molecule has 3 rings (SSSR count). The van der Waals surface area contributed by atoms with Crippen molar-refractivity contribution in [1.29, 1.82) is 0 Å². The van der Waals surface area contributed by atoms with Crippen LogP contribution in [0.4, 0.5) is 5.00 Å². The van der Waals surface area contributed by atoms with Crippen LogP contribution in [0.2, 0.25) is 0 Å². The number of hydrogen-bond acceptors (Lipinski definition) is 9. The summed E-state index contributed by atoms with van der Waals surface area (Å²) < 4.78 is 6.35. The van der Waals surface area contributed by atoms with Crippen LogP contribution in [0, 0.1) is 13.8 Å². The van der Waals surface area contributed by atoms with Gasteiger partial charge in [0.2, 0.25) is 11.1 Å². The number of aryl methyl sites for hydroxylation is 1. The second-order valence-electron chi connectivity index (χ2n) is 6.72. The van der Waals surface area contributed by atoms with Crippen LogP contribution in [0.1, 0.15) is 38.1 Å². The second-order valence-corrected chi connectivity index (χ2v) is 8.69. The van der Waals surface area contributed by atoms with E-state index in [-0.39, 0.29) is 27.8 Å². The fourth-order valence-electron chi connectivity index (χ4n) is 2.85. The molecule has 2 aromatic heterocycles. The van der Waals surface area contributed by atoms with Gasteiger partial charge in [0.15, 0.2) is 5.82 Å². The van der Waals surface area contributed by atoms with Crippen molar-refractivity contribution in [2.75, 3.05) is 23.5 Å². The molecule has 1 aromatic carbocycles. The Morgan fingerprint density at radius 3 is 2.50 bits per heavy atom. The smallest absolute Gasteiger partial charge is 0.341 e. The normalized spacial score (nSPS) is 10.7. The van der Waals surface area contributed by atoms with Crippen molar-refractivity contribution >= 4 is 45.9 Å². The summed E-state index contributed by atoms with van der Waals surface area (Å²) in [5.41, 5.74) is 7.77. The minimum atomic E-state index is -0.687. The van der Waals surface area contributed by atoms with Gasteiger partial charge in [-0.15, -0.1) is 21.5 Å². The minimum absolute atomic E-state index is 0.0473. The maximum Gasteiger partial charge on any atom is 0.341 e. The van der Waals surface area contributed by atoms with Gasteiger partial charge in [-0.2, -0.15) is 0 Å². The van der Waals surface area contributed by atoms with Crippen molar-refractivity contribution in [2.24, 2.45) is 5.73 Å². The number of thiophene rings is 1. The number of nitrogen functional groups attached to an aromatic ring is 1. The van der Waals surface area contributed by atoms with Crippen LogP contribution in [0.25, 0.3) is 11.4 Å². The van der Waals surface area contributed by atoms with Gasteiger partial charge in [-0.25, -0.2) is 9.47 Å². The second kappa shape index (κ2) is 9.83. The zero-order valence-corrected chi connectivity index (χ0v) is 19.3. The first-order valence-corrected chi connectivity index (χ1v) is 11.3. The Morgan fingerprint density at radius 2 is 1.88 bits per heavy atom. The van der Waals surface area contributed by atoms with E-state index < -0.39 is 17.8 Å². The first-order chi connectivity index (χ1) is 15.2. The van der Waals surface area contributed by atoms with E-state index in [1.165, 1.54) is 4.68 Å². The molecule has 0 bridgehead atoms. The molecule has 0 atom stereocenters. The Morgan fingerprint density at radius 1 is 1.19 bits per heavy atom. The van der Waals surface area contributed by atoms with Gasteiger partial charge in [0, 0.05) is 5.56 Å². The molecule has 5 N–H and O–H groups in total. The molecule has 12 heteroatoms. The number of anilines is 1. The van der Waals surface area contributed by atoms with Crippen LogP contribution in [0.3, 0.4) is 0 Å². The van der Waals surface area contributed by atoms with E-state index in [1.54, 1.807) is 13.8 Å². The monoisotopic (exact) mass is 474 g/mol. The van der Waals surface area contributed by atoms with Crippen LogP contribution < -0.4 is 16.9 Å². The van der Waals surface area contributed by atoms with E-state index in [0.29, 0.717) is 16.5 Å². The van der Waals surface area contributed by atoms with E-state index >= 15 is 0 Å². The summed E-state index contributed by atoms with van der Waals surface area (Å²) in [5, 5.41) is 11.3. The molecule has 0 spiro atoms. The van der Waals surface area contributed by atoms with Crippen molar-refractivity contribution in [3.8, 4) is 11.4 Å². The number of carbonyl (C=O) groups is 3. The van der Waals surface area contributed by atoms with Crippen molar-refractivity contribution in [2.45, 2.75) is 25.9 Å². The molecule has 0 saturated carbocycles. The quantitative estimate of drug-likeness (QED) is 0.255. The number of thioether (sulfide) groups is 1. The van der Waals surface area contributed by atoms with E-state index in [1.807, 2.05) is 31.2 Å². The van der Waals surface area contributed by atoms with Gasteiger partial charge in [-0.1, -0.05) is 41.6 Å². The topological polar surface area (TPSA) is 155 Å². The number of aromatic nitrogens is 3. The summed E-state index contributed by atoms with van der Waals surface area (Å²) >= 11 is 2.01. The summed E-state index contributed by atoms with van der Waals surface area (Å²) in [4.78, 5) is 36.7. The fourth-order valence-corrected chi connectivity index (χ4v) is 4.57. The standard InChI is InChI=1S/C20H22N6O4S2/c1-4-30-19(29)14-11(3)15(16(21)28)32-18(14)23-13(27)9-31-20-25-24-17(26(20)22)12-7-5-10(2)6-8-12/h5-8H,4,9,22H2,1-3H3,(H2,21,28)(H,23,27). The fraction of sp³-hybridized carbons (Fsp3) is 0.250. The maximum atomic E-state index is 12.5. The Kier molecular flexibility index (Phi) is 7.15. The Bertz CT molecular complexity index is 1170. The minimum Gasteiger partial charge on any atom is -0.462 e. The zero-order chi connectivity index (χ0) is 23.4. The number of hydrogen-bond donors (Lipinski definition) is 3. The summed E-state index contributed by atoms with van der Waals surface area (Å²) in [5.74, 6) is 4.77. The third-order valence-corrected chi connectivity index (χ3v) is 6.57. The number of rotatable bonds is 8. The molecule has 0 saturated heterocycles. The molecule has 0 aliphatic rings. The molecule has 10 nitrogen and oxygen atoms in total. The lowest BCUT2D eigenvalue weighted by Crippen LogP contribution is -2.18. The Balaban J connectivity index is 1.73. The van der Waals surface area contributed by atoms with Gasteiger partial charge in [-0.05, 0) is 26.3 Å². The number of carbonyl (C=O) groups excluding carboxylic acids is 3. The molecule has 0 fully saturated rings. The third-order valence-electron chi connectivity index (χ3n) is 4.41. The summed E-state index contributed by atoms with van der Waals surface area (Å²) in [6.45, 7) is 5.37. The van der Waals surface area contributed by atoms with Crippen molar-refractivity contribution < 1.29 is 19.1 Å². The number of amides is 2. The van der Waals surface area contributed by atoms with E-state index in [4.69, 9.17) is 16.3 Å². The van der Waals surface area contributed by atoms with Crippen LogP contribution >= 0.6 is 23.1 Å². The van der Waals surface area contributed by atoms with Gasteiger partial charge in [0.25, 0.3) is 5.91 Å². The number of esters is 1. The summed E-state index contributed by atoms with van der Waals surface area (Å²) in [6, 6.07) is 7.65. The van der Waals surface area contributed by atoms with Gasteiger partial charge in [0.1, 0.15) is 5.00 Å². The lowest BCUT2D eigenvalue weighted by atomic mass is 10.1. The van der Waals surface area contributed by atoms with Gasteiger partial charge in [-0.3, -0.25) is 9.59 Å². The molecule has 3 aromatic rings. The highest BCUT2D eigenvalue weighted by Gasteiger charge is 2.26. The van der Waals surface area contributed by atoms with E-state index in [9.17, 15) is 14.4 Å². The predicted octanol–water partition coefficient (Wildman–Crippen LogP) is 2.34. The summed E-state index contributed by atoms with van der Waals surface area (Å²) in [6.07, 6.45) is 0. The number of nitrogens with two attached hydrogens (primary N) is 2. The molecular weight excluding hydrogens is 452 g/mol. The molecule has 32 heavy (non-hydrogen) atoms. The van der Waals surface area contributed by atoms with Crippen LogP contribution in [0.15, 0.2) is 29.4 Å². The number of primary amides is 1. The van der Waals surface area contributed by atoms with E-state index in [2.05, 4.69) is 15.5 Å². The molecule has 2 amide bonds. The van der Waals surface area contributed by atoms with Gasteiger partial charge >= 0.3 is 5.97 Å². The molecule has 2 heterocycles. The summed E-state index contributed by atoms with van der Waals surface area (Å²) in [7, 11) is 0. The molecule has 0 unspecified atom stereocenters. The largest absolute Gasteiger partial charge is 0.462 e. The zero-order valence-electron chi connectivity index (χ0n) is 17.7. The molecule has 168 valence electrons. The van der Waals surface area contributed by atoms with E-state index in [0.717, 1.165) is 34.2 Å².